The Morgan fingerprint density at radius 1 is 1.19 bits per heavy atom. The highest BCUT2D eigenvalue weighted by Gasteiger charge is 2.17. The zero-order valence-electron chi connectivity index (χ0n) is 15.4. The maximum atomic E-state index is 12.4. The van der Waals surface area contributed by atoms with Gasteiger partial charge in [0.2, 0.25) is 0 Å². The molecule has 1 aliphatic heterocycles. The SMILES string of the molecule is Cc1ccc(OC(C)C(=O)Nc2cc(N3CCOCC3)ncn2)cc1C. The molecule has 1 aromatic heterocycles. The maximum Gasteiger partial charge on any atom is 0.266 e. The Labute approximate surface area is 153 Å². The number of amides is 1. The number of hydrogen-bond acceptors (Lipinski definition) is 6. The monoisotopic (exact) mass is 356 g/mol. The van der Waals surface area contributed by atoms with Gasteiger partial charge in [-0.15, -0.1) is 0 Å². The lowest BCUT2D eigenvalue weighted by molar-refractivity contribution is -0.122. The lowest BCUT2D eigenvalue weighted by Gasteiger charge is -2.27. The van der Waals surface area contributed by atoms with Crippen LogP contribution in [0.3, 0.4) is 0 Å². The molecule has 1 atom stereocenters. The van der Waals surface area contributed by atoms with Gasteiger partial charge in [-0.2, -0.15) is 0 Å². The average molecular weight is 356 g/mol. The molecule has 1 fully saturated rings. The Balaban J connectivity index is 1.62. The second-order valence-corrected chi connectivity index (χ2v) is 6.36. The van der Waals surface area contributed by atoms with Crippen LogP contribution < -0.4 is 15.0 Å². The maximum absolute atomic E-state index is 12.4. The van der Waals surface area contributed by atoms with Gasteiger partial charge in [-0.05, 0) is 44.0 Å². The van der Waals surface area contributed by atoms with Crippen LogP contribution in [0.2, 0.25) is 0 Å². The molecule has 0 spiro atoms. The minimum Gasteiger partial charge on any atom is -0.481 e. The van der Waals surface area contributed by atoms with E-state index in [-0.39, 0.29) is 5.91 Å². The van der Waals surface area contributed by atoms with Crippen LogP contribution in [0.15, 0.2) is 30.6 Å². The second-order valence-electron chi connectivity index (χ2n) is 6.36. The number of ether oxygens (including phenoxy) is 2. The summed E-state index contributed by atoms with van der Waals surface area (Å²) in [6, 6.07) is 7.55. The summed E-state index contributed by atoms with van der Waals surface area (Å²) in [6.45, 7) is 8.67. The van der Waals surface area contributed by atoms with Gasteiger partial charge in [-0.3, -0.25) is 4.79 Å². The van der Waals surface area contributed by atoms with Crippen molar-refractivity contribution in [3.8, 4) is 5.75 Å². The van der Waals surface area contributed by atoms with Crippen molar-refractivity contribution >= 4 is 17.5 Å². The van der Waals surface area contributed by atoms with Gasteiger partial charge in [0.1, 0.15) is 23.7 Å². The van der Waals surface area contributed by atoms with Crippen molar-refractivity contribution in [3.63, 3.8) is 0 Å². The Hall–Kier alpha value is -2.67. The first-order valence-electron chi connectivity index (χ1n) is 8.72. The van der Waals surface area contributed by atoms with Gasteiger partial charge >= 0.3 is 0 Å². The van der Waals surface area contributed by atoms with Crippen molar-refractivity contribution in [2.24, 2.45) is 0 Å². The number of nitrogens with one attached hydrogen (secondary N) is 1. The Morgan fingerprint density at radius 2 is 1.96 bits per heavy atom. The summed E-state index contributed by atoms with van der Waals surface area (Å²) in [5.74, 6) is 1.66. The van der Waals surface area contributed by atoms with Gasteiger partial charge in [0.15, 0.2) is 6.10 Å². The highest BCUT2D eigenvalue weighted by Crippen LogP contribution is 2.19. The summed E-state index contributed by atoms with van der Waals surface area (Å²) in [6.07, 6.45) is 0.814. The van der Waals surface area contributed by atoms with E-state index in [9.17, 15) is 4.79 Å². The van der Waals surface area contributed by atoms with Crippen LogP contribution in [0, 0.1) is 13.8 Å². The van der Waals surface area contributed by atoms with Gasteiger partial charge in [-0.25, -0.2) is 9.97 Å². The predicted molar refractivity (Wildman–Crippen MR) is 99.7 cm³/mol. The molecule has 1 unspecified atom stereocenters. The van der Waals surface area contributed by atoms with Crippen molar-refractivity contribution in [2.75, 3.05) is 36.5 Å². The largest absolute Gasteiger partial charge is 0.481 e. The summed E-state index contributed by atoms with van der Waals surface area (Å²) in [7, 11) is 0. The van der Waals surface area contributed by atoms with E-state index >= 15 is 0 Å². The van der Waals surface area contributed by atoms with E-state index in [1.165, 1.54) is 11.9 Å². The van der Waals surface area contributed by atoms with Crippen LogP contribution in [0.4, 0.5) is 11.6 Å². The molecular weight excluding hydrogens is 332 g/mol. The highest BCUT2D eigenvalue weighted by atomic mass is 16.5. The Bertz CT molecular complexity index is 775. The van der Waals surface area contributed by atoms with E-state index in [1.807, 2.05) is 32.0 Å². The van der Waals surface area contributed by atoms with E-state index in [2.05, 4.69) is 20.2 Å². The molecule has 1 N–H and O–H groups in total. The van der Waals surface area contributed by atoms with Crippen molar-refractivity contribution in [1.82, 2.24) is 9.97 Å². The fraction of sp³-hybridized carbons (Fsp3) is 0.421. The van der Waals surface area contributed by atoms with Crippen LogP contribution >= 0.6 is 0 Å². The smallest absolute Gasteiger partial charge is 0.266 e. The van der Waals surface area contributed by atoms with Crippen molar-refractivity contribution in [1.29, 1.82) is 0 Å². The molecule has 1 saturated heterocycles. The fourth-order valence-corrected chi connectivity index (χ4v) is 2.65. The number of benzene rings is 1. The summed E-state index contributed by atoms with van der Waals surface area (Å²) < 4.78 is 11.1. The minimum atomic E-state index is -0.640. The first-order chi connectivity index (χ1) is 12.5. The third kappa shape index (κ3) is 4.49. The number of anilines is 2. The first kappa shape index (κ1) is 18.1. The number of aromatic nitrogens is 2. The van der Waals surface area contributed by atoms with Crippen LogP contribution in [0.25, 0.3) is 0 Å². The van der Waals surface area contributed by atoms with E-state index < -0.39 is 6.10 Å². The standard InChI is InChI=1S/C19H24N4O3/c1-13-4-5-16(10-14(13)2)26-15(3)19(24)22-17-11-18(21-12-20-17)23-6-8-25-9-7-23/h4-5,10-12,15H,6-9H2,1-3H3,(H,20,21,22,24). The number of hydrogen-bond donors (Lipinski definition) is 1. The van der Waals surface area contributed by atoms with Crippen molar-refractivity contribution < 1.29 is 14.3 Å². The summed E-state index contributed by atoms with van der Waals surface area (Å²) in [5.41, 5.74) is 2.31. The van der Waals surface area contributed by atoms with E-state index in [0.717, 1.165) is 24.5 Å². The average Bonchev–Trinajstić information content (AvgIpc) is 2.65. The lowest BCUT2D eigenvalue weighted by Crippen LogP contribution is -2.37. The molecule has 26 heavy (non-hydrogen) atoms. The third-order valence-electron chi connectivity index (χ3n) is 4.40. The number of nitrogens with zero attached hydrogens (tertiary/aromatic N) is 3. The van der Waals surface area contributed by atoms with Gasteiger partial charge in [0.25, 0.3) is 5.91 Å². The topological polar surface area (TPSA) is 76.6 Å². The van der Waals surface area contributed by atoms with Crippen molar-refractivity contribution in [3.05, 3.63) is 41.7 Å². The van der Waals surface area contributed by atoms with Crippen molar-refractivity contribution in [2.45, 2.75) is 26.9 Å². The number of rotatable bonds is 5. The van der Waals surface area contributed by atoms with E-state index in [1.54, 1.807) is 13.0 Å². The van der Waals surface area contributed by atoms with Gasteiger partial charge in [0, 0.05) is 19.2 Å². The lowest BCUT2D eigenvalue weighted by atomic mass is 10.1. The molecule has 7 heteroatoms. The molecular formula is C19H24N4O3. The van der Waals surface area contributed by atoms with Gasteiger partial charge < -0.3 is 19.7 Å². The molecule has 7 nitrogen and oxygen atoms in total. The van der Waals surface area contributed by atoms with E-state index in [4.69, 9.17) is 9.47 Å². The zero-order chi connectivity index (χ0) is 18.5. The Kier molecular flexibility index (Phi) is 5.68. The molecule has 0 saturated carbocycles. The molecule has 0 aliphatic carbocycles. The number of carbonyl (C=O) groups is 1. The summed E-state index contributed by atoms with van der Waals surface area (Å²) >= 11 is 0. The molecule has 3 rings (SSSR count). The van der Waals surface area contributed by atoms with Gasteiger partial charge in [0.05, 0.1) is 13.2 Å². The molecule has 1 amide bonds. The molecule has 1 aromatic carbocycles. The molecule has 0 radical (unpaired) electrons. The molecule has 0 bridgehead atoms. The van der Waals surface area contributed by atoms with Gasteiger partial charge in [-0.1, -0.05) is 6.07 Å². The van der Waals surface area contributed by atoms with Crippen LogP contribution in [0.5, 0.6) is 5.75 Å². The first-order valence-corrected chi connectivity index (χ1v) is 8.72. The quantitative estimate of drug-likeness (QED) is 0.886. The van der Waals surface area contributed by atoms with Crippen LogP contribution in [-0.2, 0) is 9.53 Å². The molecule has 2 aromatic rings. The molecule has 2 heterocycles. The number of aryl methyl sites for hydroxylation is 2. The predicted octanol–water partition coefficient (Wildman–Crippen LogP) is 2.34. The van der Waals surface area contributed by atoms with Crippen LogP contribution in [-0.4, -0.2) is 48.3 Å². The second kappa shape index (κ2) is 8.14. The number of morpholine rings is 1. The highest BCUT2D eigenvalue weighted by molar-refractivity contribution is 5.93. The summed E-state index contributed by atoms with van der Waals surface area (Å²) in [5, 5.41) is 2.79. The number of carbonyl (C=O) groups excluding carboxylic acids is 1. The molecule has 1 aliphatic rings. The van der Waals surface area contributed by atoms with Crippen LogP contribution in [0.1, 0.15) is 18.1 Å². The normalized spacial score (nSPS) is 15.4. The zero-order valence-corrected chi connectivity index (χ0v) is 15.4. The molecule has 138 valence electrons. The Morgan fingerprint density at radius 3 is 2.69 bits per heavy atom. The fourth-order valence-electron chi connectivity index (χ4n) is 2.65. The third-order valence-corrected chi connectivity index (χ3v) is 4.40. The van der Waals surface area contributed by atoms with E-state index in [0.29, 0.717) is 24.8 Å². The minimum absolute atomic E-state index is 0.255. The summed E-state index contributed by atoms with van der Waals surface area (Å²) in [4.78, 5) is 22.9.